The molecule has 0 radical (unpaired) electrons. The molecule has 0 bridgehead atoms. The Hall–Kier alpha value is -0.350. The second kappa shape index (κ2) is 7.07. The van der Waals surface area contributed by atoms with Crippen LogP contribution >= 0.6 is 0 Å². The van der Waals surface area contributed by atoms with Crippen LogP contribution in [0.5, 0.6) is 0 Å². The Kier molecular flexibility index (Phi) is 6.06. The zero-order chi connectivity index (χ0) is 11.9. The molecule has 0 aromatic carbocycles. The van der Waals surface area contributed by atoms with Gasteiger partial charge in [0.05, 0.1) is 11.5 Å². The molecule has 1 fully saturated rings. The number of rotatable bonds is 8. The summed E-state index contributed by atoms with van der Waals surface area (Å²) in [6.07, 6.45) is 7.50. The molecule has 1 unspecified atom stereocenters. The molecular formula is C12H23NO2S. The highest BCUT2D eigenvalue weighted by atomic mass is 32.2. The summed E-state index contributed by atoms with van der Waals surface area (Å²) >= 11 is 0. The van der Waals surface area contributed by atoms with Crippen LogP contribution in [0.15, 0.2) is 12.7 Å². The second-order valence-electron chi connectivity index (χ2n) is 4.61. The zero-order valence-electron chi connectivity index (χ0n) is 9.95. The molecule has 0 aromatic rings. The molecular weight excluding hydrogens is 222 g/mol. The van der Waals surface area contributed by atoms with Crippen molar-refractivity contribution in [3.05, 3.63) is 12.7 Å². The first-order chi connectivity index (χ1) is 7.64. The van der Waals surface area contributed by atoms with E-state index >= 15 is 0 Å². The van der Waals surface area contributed by atoms with Gasteiger partial charge in [-0.25, -0.2) is 8.42 Å². The number of hydrogen-bond acceptors (Lipinski definition) is 3. The van der Waals surface area contributed by atoms with Gasteiger partial charge in [-0.3, -0.25) is 0 Å². The lowest BCUT2D eigenvalue weighted by atomic mass is 10.1. The van der Waals surface area contributed by atoms with E-state index in [4.69, 9.17) is 0 Å². The summed E-state index contributed by atoms with van der Waals surface area (Å²) in [5.41, 5.74) is 0. The first-order valence-electron chi connectivity index (χ1n) is 6.16. The molecule has 1 rings (SSSR count). The van der Waals surface area contributed by atoms with Gasteiger partial charge in [-0.05, 0) is 44.7 Å². The Morgan fingerprint density at radius 2 is 2.12 bits per heavy atom. The van der Waals surface area contributed by atoms with E-state index in [1.165, 1.54) is 19.3 Å². The highest BCUT2D eigenvalue weighted by Gasteiger charge is 2.27. The molecule has 1 saturated heterocycles. The van der Waals surface area contributed by atoms with E-state index in [2.05, 4.69) is 11.9 Å². The van der Waals surface area contributed by atoms with Crippen LogP contribution in [0.25, 0.3) is 0 Å². The first-order valence-corrected chi connectivity index (χ1v) is 7.98. The molecule has 0 spiro atoms. The van der Waals surface area contributed by atoms with Gasteiger partial charge >= 0.3 is 0 Å². The van der Waals surface area contributed by atoms with Crippen LogP contribution in [0.1, 0.15) is 32.1 Å². The van der Waals surface area contributed by atoms with Crippen molar-refractivity contribution in [2.75, 3.05) is 24.6 Å². The van der Waals surface area contributed by atoms with E-state index in [1.807, 2.05) is 6.08 Å². The van der Waals surface area contributed by atoms with Gasteiger partial charge in [0.2, 0.25) is 0 Å². The number of sulfone groups is 1. The summed E-state index contributed by atoms with van der Waals surface area (Å²) in [6.45, 7) is 5.56. The van der Waals surface area contributed by atoms with Crippen molar-refractivity contribution in [3.8, 4) is 0 Å². The SMILES string of the molecule is C=CCCCCCNCC1CCS(=O)(=O)C1. The molecule has 16 heavy (non-hydrogen) atoms. The topological polar surface area (TPSA) is 46.2 Å². The van der Waals surface area contributed by atoms with E-state index in [0.29, 0.717) is 17.4 Å². The number of nitrogens with one attached hydrogen (secondary N) is 1. The molecule has 4 heteroatoms. The van der Waals surface area contributed by atoms with Gasteiger partial charge in [0.15, 0.2) is 9.84 Å². The maximum absolute atomic E-state index is 11.2. The predicted molar refractivity (Wildman–Crippen MR) is 68.3 cm³/mol. The van der Waals surface area contributed by atoms with Crippen molar-refractivity contribution in [1.82, 2.24) is 5.32 Å². The van der Waals surface area contributed by atoms with Crippen molar-refractivity contribution >= 4 is 9.84 Å². The molecule has 3 nitrogen and oxygen atoms in total. The normalized spacial score (nSPS) is 23.4. The fourth-order valence-corrected chi connectivity index (χ4v) is 3.92. The summed E-state index contributed by atoms with van der Waals surface area (Å²) in [7, 11) is -2.70. The highest BCUT2D eigenvalue weighted by molar-refractivity contribution is 7.91. The standard InChI is InChI=1S/C12H23NO2S/c1-2-3-4-5-6-8-13-10-12-7-9-16(14,15)11-12/h2,12-13H,1,3-11H2. The molecule has 94 valence electrons. The van der Waals surface area contributed by atoms with E-state index in [9.17, 15) is 8.42 Å². The molecule has 1 heterocycles. The first kappa shape index (κ1) is 13.7. The van der Waals surface area contributed by atoms with Gasteiger partial charge < -0.3 is 5.32 Å². The number of allylic oxidation sites excluding steroid dienone is 1. The summed E-state index contributed by atoms with van der Waals surface area (Å²) < 4.78 is 22.4. The predicted octanol–water partition coefficient (Wildman–Crippen LogP) is 1.76. The fourth-order valence-electron chi connectivity index (χ4n) is 2.05. The minimum atomic E-state index is -2.70. The Morgan fingerprint density at radius 1 is 1.31 bits per heavy atom. The van der Waals surface area contributed by atoms with Crippen LogP contribution < -0.4 is 5.32 Å². The van der Waals surface area contributed by atoms with Gasteiger partial charge in [0.1, 0.15) is 0 Å². The lowest BCUT2D eigenvalue weighted by Gasteiger charge is -2.08. The maximum atomic E-state index is 11.2. The number of hydrogen-bond donors (Lipinski definition) is 1. The molecule has 0 saturated carbocycles. The summed E-state index contributed by atoms with van der Waals surface area (Å²) in [4.78, 5) is 0. The molecule has 0 amide bonds. The maximum Gasteiger partial charge on any atom is 0.150 e. The minimum Gasteiger partial charge on any atom is -0.316 e. The third-order valence-electron chi connectivity index (χ3n) is 3.02. The zero-order valence-corrected chi connectivity index (χ0v) is 10.8. The van der Waals surface area contributed by atoms with Crippen molar-refractivity contribution in [1.29, 1.82) is 0 Å². The van der Waals surface area contributed by atoms with E-state index in [0.717, 1.165) is 25.9 Å². The van der Waals surface area contributed by atoms with Crippen molar-refractivity contribution in [3.63, 3.8) is 0 Å². The summed E-state index contributed by atoms with van der Waals surface area (Å²) in [6, 6.07) is 0. The molecule has 1 aliphatic rings. The van der Waals surface area contributed by atoms with Crippen LogP contribution in [0.4, 0.5) is 0 Å². The molecule has 1 aliphatic heterocycles. The Labute approximate surface area is 99.2 Å². The minimum absolute atomic E-state index is 0.346. The third kappa shape index (κ3) is 5.66. The monoisotopic (exact) mass is 245 g/mol. The summed E-state index contributed by atoms with van der Waals surface area (Å²) in [5.74, 6) is 1.12. The van der Waals surface area contributed by atoms with Crippen molar-refractivity contribution < 1.29 is 8.42 Å². The van der Waals surface area contributed by atoms with Gasteiger partial charge in [-0.15, -0.1) is 6.58 Å². The van der Waals surface area contributed by atoms with E-state index in [1.54, 1.807) is 0 Å². The Balaban J connectivity index is 1.94. The van der Waals surface area contributed by atoms with Gasteiger partial charge in [0, 0.05) is 0 Å². The van der Waals surface area contributed by atoms with Crippen molar-refractivity contribution in [2.45, 2.75) is 32.1 Å². The lowest BCUT2D eigenvalue weighted by Crippen LogP contribution is -2.24. The fraction of sp³-hybridized carbons (Fsp3) is 0.833. The van der Waals surface area contributed by atoms with E-state index in [-0.39, 0.29) is 0 Å². The van der Waals surface area contributed by atoms with Crippen LogP contribution in [0.3, 0.4) is 0 Å². The quantitative estimate of drug-likeness (QED) is 0.523. The van der Waals surface area contributed by atoms with Gasteiger partial charge in [0.25, 0.3) is 0 Å². The van der Waals surface area contributed by atoms with Crippen LogP contribution in [0.2, 0.25) is 0 Å². The third-order valence-corrected chi connectivity index (χ3v) is 4.86. The van der Waals surface area contributed by atoms with Gasteiger partial charge in [-0.2, -0.15) is 0 Å². The van der Waals surface area contributed by atoms with E-state index < -0.39 is 9.84 Å². The Morgan fingerprint density at radius 3 is 2.75 bits per heavy atom. The van der Waals surface area contributed by atoms with Crippen molar-refractivity contribution in [2.24, 2.45) is 5.92 Å². The van der Waals surface area contributed by atoms with Crippen LogP contribution in [0, 0.1) is 5.92 Å². The molecule has 0 aromatic heterocycles. The second-order valence-corrected chi connectivity index (χ2v) is 6.84. The molecule has 1 atom stereocenters. The van der Waals surface area contributed by atoms with Crippen LogP contribution in [-0.2, 0) is 9.84 Å². The average Bonchev–Trinajstić information content (AvgIpc) is 2.57. The average molecular weight is 245 g/mol. The Bertz CT molecular complexity index is 298. The van der Waals surface area contributed by atoms with Crippen LogP contribution in [-0.4, -0.2) is 33.0 Å². The number of unbranched alkanes of at least 4 members (excludes halogenated alkanes) is 3. The lowest BCUT2D eigenvalue weighted by molar-refractivity contribution is 0.507. The molecule has 1 N–H and O–H groups in total. The smallest absolute Gasteiger partial charge is 0.150 e. The molecule has 0 aliphatic carbocycles. The largest absolute Gasteiger partial charge is 0.316 e. The van der Waals surface area contributed by atoms with Gasteiger partial charge in [-0.1, -0.05) is 12.5 Å². The summed E-state index contributed by atoms with van der Waals surface area (Å²) in [5, 5.41) is 3.35. The highest BCUT2D eigenvalue weighted by Crippen LogP contribution is 2.17.